The van der Waals surface area contributed by atoms with Gasteiger partial charge in [-0.1, -0.05) is 32.1 Å². The standard InChI is InChI=1S/C17H36O4S2/c1-16(2,3)22(18,19)14-12-10-8-7-9-11-13-15-23(20,21)17(4,5)6/h7-15H2,1-6H3. The fourth-order valence-electron chi connectivity index (χ4n) is 2.08. The predicted molar refractivity (Wildman–Crippen MR) is 99.4 cm³/mol. The van der Waals surface area contributed by atoms with Gasteiger partial charge < -0.3 is 0 Å². The molecule has 0 saturated heterocycles. The van der Waals surface area contributed by atoms with Crippen LogP contribution in [0.5, 0.6) is 0 Å². The Bertz CT molecular complexity index is 482. The number of hydrogen-bond donors (Lipinski definition) is 0. The van der Waals surface area contributed by atoms with Crippen LogP contribution in [0.15, 0.2) is 0 Å². The summed E-state index contributed by atoms with van der Waals surface area (Å²) in [4.78, 5) is 0. The minimum absolute atomic E-state index is 0.264. The molecule has 0 amide bonds. The van der Waals surface area contributed by atoms with E-state index in [0.717, 1.165) is 44.9 Å². The van der Waals surface area contributed by atoms with Crippen LogP contribution < -0.4 is 0 Å². The number of rotatable bonds is 10. The molecule has 0 atom stereocenters. The van der Waals surface area contributed by atoms with E-state index in [9.17, 15) is 16.8 Å². The largest absolute Gasteiger partial charge is 0.228 e. The maximum atomic E-state index is 11.9. The molecule has 0 radical (unpaired) electrons. The Morgan fingerprint density at radius 2 is 0.696 bits per heavy atom. The van der Waals surface area contributed by atoms with E-state index in [2.05, 4.69) is 0 Å². The Morgan fingerprint density at radius 1 is 0.478 bits per heavy atom. The van der Waals surface area contributed by atoms with Crippen LogP contribution in [-0.4, -0.2) is 37.8 Å². The van der Waals surface area contributed by atoms with Crippen LogP contribution in [0.1, 0.15) is 86.5 Å². The van der Waals surface area contributed by atoms with Crippen molar-refractivity contribution in [2.45, 2.75) is 96.0 Å². The number of unbranched alkanes of at least 4 members (excludes halogenated alkanes) is 6. The first-order valence-electron chi connectivity index (χ1n) is 8.65. The first-order valence-corrected chi connectivity index (χ1v) is 12.0. The zero-order chi connectivity index (χ0) is 18.4. The smallest absolute Gasteiger partial charge is 0.155 e. The van der Waals surface area contributed by atoms with Gasteiger partial charge >= 0.3 is 0 Å². The summed E-state index contributed by atoms with van der Waals surface area (Å²) in [7, 11) is -5.99. The van der Waals surface area contributed by atoms with Gasteiger partial charge in [-0.3, -0.25) is 0 Å². The predicted octanol–water partition coefficient (Wildman–Crippen LogP) is 4.14. The maximum absolute atomic E-state index is 11.9. The van der Waals surface area contributed by atoms with E-state index in [0.29, 0.717) is 0 Å². The van der Waals surface area contributed by atoms with Crippen LogP contribution in [-0.2, 0) is 19.7 Å². The molecule has 0 aromatic carbocycles. The molecule has 140 valence electrons. The molecule has 0 aliphatic carbocycles. The van der Waals surface area contributed by atoms with Crippen LogP contribution in [0.2, 0.25) is 0 Å². The van der Waals surface area contributed by atoms with Crippen LogP contribution in [0, 0.1) is 0 Å². The van der Waals surface area contributed by atoms with E-state index < -0.39 is 29.2 Å². The minimum atomic E-state index is -3.00. The van der Waals surface area contributed by atoms with Crippen molar-refractivity contribution in [3.8, 4) is 0 Å². The zero-order valence-corrected chi connectivity index (χ0v) is 17.4. The highest BCUT2D eigenvalue weighted by atomic mass is 32.2. The van der Waals surface area contributed by atoms with Crippen LogP contribution in [0.3, 0.4) is 0 Å². The quantitative estimate of drug-likeness (QED) is 0.543. The molecule has 0 N–H and O–H groups in total. The molecule has 23 heavy (non-hydrogen) atoms. The monoisotopic (exact) mass is 368 g/mol. The highest BCUT2D eigenvalue weighted by molar-refractivity contribution is 7.93. The maximum Gasteiger partial charge on any atom is 0.155 e. The van der Waals surface area contributed by atoms with Gasteiger partial charge in [0.15, 0.2) is 19.7 Å². The summed E-state index contributed by atoms with van der Waals surface area (Å²) in [6, 6.07) is 0. The molecule has 0 rings (SSSR count). The van der Waals surface area contributed by atoms with Crippen molar-refractivity contribution in [1.29, 1.82) is 0 Å². The molecule has 0 heterocycles. The van der Waals surface area contributed by atoms with Gasteiger partial charge in [0.2, 0.25) is 0 Å². The normalized spacial score (nSPS) is 14.2. The molecular formula is C17H36O4S2. The fraction of sp³-hybridized carbons (Fsp3) is 1.00. The summed E-state index contributed by atoms with van der Waals surface area (Å²) in [5, 5.41) is 0. The Kier molecular flexibility index (Phi) is 8.80. The summed E-state index contributed by atoms with van der Waals surface area (Å²) < 4.78 is 46.5. The highest BCUT2D eigenvalue weighted by Gasteiger charge is 2.28. The van der Waals surface area contributed by atoms with Gasteiger partial charge in [0, 0.05) is 0 Å². The SMILES string of the molecule is CC(C)(C)S(=O)(=O)CCCCCCCCCS(=O)(=O)C(C)(C)C. The lowest BCUT2D eigenvalue weighted by molar-refractivity contribution is 0.547. The average molecular weight is 369 g/mol. The molecule has 0 fully saturated rings. The molecule has 4 nitrogen and oxygen atoms in total. The molecule has 0 aromatic rings. The highest BCUT2D eigenvalue weighted by Crippen LogP contribution is 2.19. The Hall–Kier alpha value is -0.100. The van der Waals surface area contributed by atoms with E-state index in [-0.39, 0.29) is 11.5 Å². The van der Waals surface area contributed by atoms with Gasteiger partial charge in [-0.25, -0.2) is 16.8 Å². The molecule has 0 saturated carbocycles. The third-order valence-corrected chi connectivity index (χ3v) is 9.58. The van der Waals surface area contributed by atoms with Crippen molar-refractivity contribution in [3.05, 3.63) is 0 Å². The van der Waals surface area contributed by atoms with Crippen molar-refractivity contribution in [3.63, 3.8) is 0 Å². The van der Waals surface area contributed by atoms with Crippen molar-refractivity contribution in [2.75, 3.05) is 11.5 Å². The van der Waals surface area contributed by atoms with E-state index in [1.54, 1.807) is 41.5 Å². The zero-order valence-electron chi connectivity index (χ0n) is 15.8. The van der Waals surface area contributed by atoms with Crippen molar-refractivity contribution in [2.24, 2.45) is 0 Å². The Morgan fingerprint density at radius 3 is 0.913 bits per heavy atom. The number of hydrogen-bond acceptors (Lipinski definition) is 4. The molecule has 0 aliphatic rings. The van der Waals surface area contributed by atoms with E-state index in [4.69, 9.17) is 0 Å². The molecule has 0 unspecified atom stereocenters. The van der Waals surface area contributed by atoms with Crippen molar-refractivity contribution >= 4 is 19.7 Å². The van der Waals surface area contributed by atoms with Gasteiger partial charge in [-0.15, -0.1) is 0 Å². The lowest BCUT2D eigenvalue weighted by Gasteiger charge is -2.19. The minimum Gasteiger partial charge on any atom is -0.228 e. The summed E-state index contributed by atoms with van der Waals surface area (Å²) in [6.07, 6.45) is 6.38. The third kappa shape index (κ3) is 8.52. The van der Waals surface area contributed by atoms with Gasteiger partial charge in [-0.05, 0) is 54.4 Å². The lowest BCUT2D eigenvalue weighted by Crippen LogP contribution is -2.30. The lowest BCUT2D eigenvalue weighted by atomic mass is 10.1. The van der Waals surface area contributed by atoms with Crippen LogP contribution >= 0.6 is 0 Å². The third-order valence-electron chi connectivity index (χ3n) is 4.19. The van der Waals surface area contributed by atoms with E-state index >= 15 is 0 Å². The van der Waals surface area contributed by atoms with E-state index in [1.807, 2.05) is 0 Å². The molecule has 0 aromatic heterocycles. The molecule has 6 heteroatoms. The van der Waals surface area contributed by atoms with Gasteiger partial charge in [-0.2, -0.15) is 0 Å². The summed E-state index contributed by atoms with van der Waals surface area (Å²) in [5.74, 6) is 0.528. The van der Waals surface area contributed by atoms with Crippen LogP contribution in [0.25, 0.3) is 0 Å². The molecule has 0 aliphatic heterocycles. The summed E-state index contributed by atoms with van der Waals surface area (Å²) >= 11 is 0. The first kappa shape index (κ1) is 22.9. The Labute approximate surface area is 144 Å². The topological polar surface area (TPSA) is 68.3 Å². The van der Waals surface area contributed by atoms with Crippen molar-refractivity contribution in [1.82, 2.24) is 0 Å². The average Bonchev–Trinajstić information content (AvgIpc) is 2.33. The second-order valence-corrected chi connectivity index (χ2v) is 14.1. The second-order valence-electron chi connectivity index (χ2n) is 8.34. The number of sulfone groups is 2. The summed E-state index contributed by atoms with van der Waals surface area (Å²) in [5.41, 5.74) is 0. The fourth-order valence-corrected chi connectivity index (χ4v) is 4.47. The van der Waals surface area contributed by atoms with Gasteiger partial charge in [0.25, 0.3) is 0 Å². The van der Waals surface area contributed by atoms with Gasteiger partial charge in [0.05, 0.1) is 21.0 Å². The van der Waals surface area contributed by atoms with E-state index in [1.165, 1.54) is 0 Å². The first-order chi connectivity index (χ1) is 10.2. The molecule has 0 spiro atoms. The van der Waals surface area contributed by atoms with Crippen molar-refractivity contribution < 1.29 is 16.8 Å². The second kappa shape index (κ2) is 8.84. The molecular weight excluding hydrogens is 332 g/mol. The van der Waals surface area contributed by atoms with Crippen LogP contribution in [0.4, 0.5) is 0 Å². The van der Waals surface area contributed by atoms with Gasteiger partial charge in [0.1, 0.15) is 0 Å². The Balaban J connectivity index is 3.74. The summed E-state index contributed by atoms with van der Waals surface area (Å²) in [6.45, 7) is 10.5. The molecule has 0 bridgehead atoms.